The van der Waals surface area contributed by atoms with Gasteiger partial charge in [-0.3, -0.25) is 24.0 Å². The maximum Gasteiger partial charge on any atom is 0.289 e. The summed E-state index contributed by atoms with van der Waals surface area (Å²) in [5.41, 5.74) is 2.08. The first-order chi connectivity index (χ1) is 21.9. The third kappa shape index (κ3) is 6.95. The van der Waals surface area contributed by atoms with Crippen molar-refractivity contribution >= 4 is 40.3 Å². The molecule has 1 saturated carbocycles. The zero-order valence-corrected chi connectivity index (χ0v) is 25.4. The van der Waals surface area contributed by atoms with Crippen molar-refractivity contribution in [1.29, 1.82) is 0 Å². The molecule has 236 valence electrons. The summed E-state index contributed by atoms with van der Waals surface area (Å²) in [6, 6.07) is 16.7. The first-order valence-corrected chi connectivity index (χ1v) is 16.2. The van der Waals surface area contributed by atoms with Crippen LogP contribution in [-0.4, -0.2) is 64.5 Å². The molecular formula is C35H41N5O5. The lowest BCUT2D eigenvalue weighted by Gasteiger charge is -2.27. The van der Waals surface area contributed by atoms with Gasteiger partial charge in [0.25, 0.3) is 11.8 Å². The molecule has 1 aliphatic carbocycles. The van der Waals surface area contributed by atoms with Crippen LogP contribution in [0.25, 0.3) is 10.9 Å². The summed E-state index contributed by atoms with van der Waals surface area (Å²) in [4.78, 5) is 71.9. The van der Waals surface area contributed by atoms with Crippen LogP contribution in [0.2, 0.25) is 0 Å². The second kappa shape index (κ2) is 13.7. The molecule has 4 amide bonds. The molecule has 3 heterocycles. The molecule has 45 heavy (non-hydrogen) atoms. The van der Waals surface area contributed by atoms with Crippen LogP contribution < -0.4 is 16.0 Å². The normalized spacial score (nSPS) is 22.6. The molecule has 10 heteroatoms. The van der Waals surface area contributed by atoms with Gasteiger partial charge in [0, 0.05) is 36.5 Å². The van der Waals surface area contributed by atoms with Gasteiger partial charge in [0.1, 0.15) is 11.7 Å². The number of ketones is 1. The molecule has 0 unspecified atom stereocenters. The molecular weight excluding hydrogens is 570 g/mol. The number of fused-ring (bicyclic) bond motifs is 1. The van der Waals surface area contributed by atoms with Crippen molar-refractivity contribution < 1.29 is 24.0 Å². The van der Waals surface area contributed by atoms with Crippen molar-refractivity contribution in [3.05, 3.63) is 71.9 Å². The van der Waals surface area contributed by atoms with E-state index in [1.165, 1.54) is 6.42 Å². The van der Waals surface area contributed by atoms with Gasteiger partial charge in [0.05, 0.1) is 6.04 Å². The predicted molar refractivity (Wildman–Crippen MR) is 169 cm³/mol. The van der Waals surface area contributed by atoms with Gasteiger partial charge in [-0.05, 0) is 48.8 Å². The number of hydrogen-bond donors (Lipinski definition) is 4. The number of likely N-dealkylation sites (tertiary alicyclic amines) is 1. The van der Waals surface area contributed by atoms with E-state index in [9.17, 15) is 24.0 Å². The number of amides is 4. The highest BCUT2D eigenvalue weighted by atomic mass is 16.2. The van der Waals surface area contributed by atoms with Crippen LogP contribution in [0.3, 0.4) is 0 Å². The van der Waals surface area contributed by atoms with Crippen LogP contribution in [0.4, 0.5) is 0 Å². The van der Waals surface area contributed by atoms with Gasteiger partial charge in [0.2, 0.25) is 17.6 Å². The Morgan fingerprint density at radius 3 is 2.40 bits per heavy atom. The first-order valence-electron chi connectivity index (χ1n) is 16.2. The number of rotatable bonds is 10. The Kier molecular flexibility index (Phi) is 9.28. The smallest absolute Gasteiger partial charge is 0.289 e. The second-order valence-corrected chi connectivity index (χ2v) is 12.7. The number of aromatic nitrogens is 1. The van der Waals surface area contributed by atoms with Gasteiger partial charge in [-0.2, -0.15) is 0 Å². The SMILES string of the molecule is O=C(NCc1ccccc1)C(=O)[C@H](C[C@@H]1CCNC1=O)NC(=O)[C@@H]1C[C@@H](C2CCCCC2)CN1C(=O)c1cc2ccccc2[nH]1. The molecule has 3 fully saturated rings. The minimum Gasteiger partial charge on any atom is -0.356 e. The summed E-state index contributed by atoms with van der Waals surface area (Å²) >= 11 is 0. The lowest BCUT2D eigenvalue weighted by Crippen LogP contribution is -2.54. The monoisotopic (exact) mass is 611 g/mol. The predicted octanol–water partition coefficient (Wildman–Crippen LogP) is 3.48. The Hall–Kier alpha value is -4.47. The fourth-order valence-corrected chi connectivity index (χ4v) is 7.31. The van der Waals surface area contributed by atoms with Crippen molar-refractivity contribution in [1.82, 2.24) is 25.8 Å². The number of carbonyl (C=O) groups excluding carboxylic acids is 5. The third-order valence-electron chi connectivity index (χ3n) is 9.81. The Morgan fingerprint density at radius 1 is 0.911 bits per heavy atom. The molecule has 3 aromatic rings. The number of carbonyl (C=O) groups is 5. The highest BCUT2D eigenvalue weighted by Gasteiger charge is 2.44. The summed E-state index contributed by atoms with van der Waals surface area (Å²) in [5.74, 6) is -2.44. The fraction of sp³-hybridized carbons (Fsp3) is 0.457. The molecule has 2 saturated heterocycles. The quantitative estimate of drug-likeness (QED) is 0.260. The molecule has 2 aliphatic heterocycles. The van der Waals surface area contributed by atoms with E-state index in [0.29, 0.717) is 37.5 Å². The van der Waals surface area contributed by atoms with Crippen molar-refractivity contribution in [2.75, 3.05) is 13.1 Å². The van der Waals surface area contributed by atoms with Crippen LogP contribution in [-0.2, 0) is 25.7 Å². The standard InChI is InChI=1S/C35H41N5O5/c41-31(34(44)37-20-22-9-3-1-4-10-22)28(18-25-15-16-36-32(25)42)39-33(43)30-19-26(23-11-5-2-6-12-23)21-40(30)35(45)29-17-24-13-7-8-14-27(24)38-29/h1,3-4,7-10,13-14,17,23,25-26,28,30,38H,2,5-6,11-12,15-16,18-21H2,(H,36,42)(H,37,44)(H,39,43)/t25-,26+,28-,30-/m0/s1. The van der Waals surface area contributed by atoms with E-state index in [0.717, 1.165) is 42.1 Å². The number of aromatic amines is 1. The molecule has 0 bridgehead atoms. The number of benzene rings is 2. The Morgan fingerprint density at radius 2 is 1.67 bits per heavy atom. The summed E-state index contributed by atoms with van der Waals surface area (Å²) in [5, 5.41) is 9.18. The molecule has 10 nitrogen and oxygen atoms in total. The molecule has 2 aromatic carbocycles. The van der Waals surface area contributed by atoms with E-state index in [1.54, 1.807) is 4.90 Å². The molecule has 3 aliphatic rings. The van der Waals surface area contributed by atoms with Gasteiger partial charge in [0.15, 0.2) is 0 Å². The van der Waals surface area contributed by atoms with E-state index < -0.39 is 35.6 Å². The van der Waals surface area contributed by atoms with E-state index >= 15 is 0 Å². The average molecular weight is 612 g/mol. The number of hydrogen-bond acceptors (Lipinski definition) is 5. The molecule has 0 radical (unpaired) electrons. The third-order valence-corrected chi connectivity index (χ3v) is 9.81. The number of para-hydroxylation sites is 1. The first kappa shape index (κ1) is 30.6. The Labute approximate surface area is 262 Å². The lowest BCUT2D eigenvalue weighted by molar-refractivity contribution is -0.141. The molecule has 1 aromatic heterocycles. The van der Waals surface area contributed by atoms with Crippen LogP contribution in [0.15, 0.2) is 60.7 Å². The zero-order chi connectivity index (χ0) is 31.3. The summed E-state index contributed by atoms with van der Waals surface area (Å²) in [6.07, 6.45) is 6.67. The van der Waals surface area contributed by atoms with Gasteiger partial charge in [-0.25, -0.2) is 0 Å². The number of H-pyrrole nitrogens is 1. The van der Waals surface area contributed by atoms with E-state index in [1.807, 2.05) is 60.7 Å². The molecule has 4 atom stereocenters. The van der Waals surface area contributed by atoms with Gasteiger partial charge >= 0.3 is 0 Å². The minimum atomic E-state index is -1.19. The number of Topliss-reactive ketones (excluding diaryl/α,β-unsaturated/α-hetero) is 1. The topological polar surface area (TPSA) is 140 Å². The summed E-state index contributed by atoms with van der Waals surface area (Å²) in [7, 11) is 0. The maximum absolute atomic E-state index is 14.1. The maximum atomic E-state index is 14.1. The Balaban J connectivity index is 1.22. The van der Waals surface area contributed by atoms with Crippen LogP contribution >= 0.6 is 0 Å². The lowest BCUT2D eigenvalue weighted by atomic mass is 9.79. The average Bonchev–Trinajstić information content (AvgIpc) is 3.82. The van der Waals surface area contributed by atoms with E-state index in [2.05, 4.69) is 20.9 Å². The van der Waals surface area contributed by atoms with Gasteiger partial charge < -0.3 is 25.8 Å². The van der Waals surface area contributed by atoms with Crippen LogP contribution in [0.5, 0.6) is 0 Å². The minimum absolute atomic E-state index is 0.0178. The fourth-order valence-electron chi connectivity index (χ4n) is 7.31. The highest BCUT2D eigenvalue weighted by Crippen LogP contribution is 2.38. The van der Waals surface area contributed by atoms with Crippen molar-refractivity contribution in [2.45, 2.75) is 70.0 Å². The van der Waals surface area contributed by atoms with Crippen molar-refractivity contribution in [3.63, 3.8) is 0 Å². The van der Waals surface area contributed by atoms with Crippen molar-refractivity contribution in [2.24, 2.45) is 17.8 Å². The van der Waals surface area contributed by atoms with E-state index in [-0.39, 0.29) is 30.7 Å². The number of nitrogens with one attached hydrogen (secondary N) is 4. The molecule has 0 spiro atoms. The summed E-state index contributed by atoms with van der Waals surface area (Å²) < 4.78 is 0. The van der Waals surface area contributed by atoms with Crippen molar-refractivity contribution in [3.8, 4) is 0 Å². The van der Waals surface area contributed by atoms with Crippen LogP contribution in [0, 0.1) is 17.8 Å². The van der Waals surface area contributed by atoms with Crippen LogP contribution in [0.1, 0.15) is 67.4 Å². The number of nitrogens with zero attached hydrogens (tertiary/aromatic N) is 1. The molecule has 6 rings (SSSR count). The second-order valence-electron chi connectivity index (χ2n) is 12.7. The van der Waals surface area contributed by atoms with Gasteiger partial charge in [-0.1, -0.05) is 80.6 Å². The Bertz CT molecular complexity index is 1530. The van der Waals surface area contributed by atoms with E-state index in [4.69, 9.17) is 0 Å². The van der Waals surface area contributed by atoms with Gasteiger partial charge in [-0.15, -0.1) is 0 Å². The summed E-state index contributed by atoms with van der Waals surface area (Å²) in [6.45, 7) is 1.10. The molecule has 4 N–H and O–H groups in total. The highest BCUT2D eigenvalue weighted by molar-refractivity contribution is 6.38. The largest absolute Gasteiger partial charge is 0.356 e. The zero-order valence-electron chi connectivity index (χ0n) is 25.4.